The van der Waals surface area contributed by atoms with Crippen molar-refractivity contribution < 1.29 is 18.7 Å². The molecular formula is C18H19N3O4S. The highest BCUT2D eigenvalue weighted by Crippen LogP contribution is 2.28. The first kappa shape index (κ1) is 17.9. The second-order valence-electron chi connectivity index (χ2n) is 5.75. The molecule has 136 valence electrons. The van der Waals surface area contributed by atoms with E-state index in [0.29, 0.717) is 28.9 Å². The molecule has 1 aromatic heterocycles. The predicted molar refractivity (Wildman–Crippen MR) is 99.8 cm³/mol. The van der Waals surface area contributed by atoms with Crippen LogP contribution in [0.3, 0.4) is 0 Å². The van der Waals surface area contributed by atoms with E-state index in [9.17, 15) is 9.59 Å². The highest BCUT2D eigenvalue weighted by Gasteiger charge is 2.43. The number of furan rings is 1. The van der Waals surface area contributed by atoms with E-state index in [-0.39, 0.29) is 18.2 Å². The Kier molecular flexibility index (Phi) is 5.22. The molecule has 7 nitrogen and oxygen atoms in total. The van der Waals surface area contributed by atoms with Gasteiger partial charge in [-0.3, -0.25) is 9.59 Å². The third-order valence-electron chi connectivity index (χ3n) is 4.21. The van der Waals surface area contributed by atoms with Crippen LogP contribution in [0.4, 0.5) is 5.69 Å². The molecule has 1 N–H and O–H groups in total. The molecule has 1 saturated heterocycles. The van der Waals surface area contributed by atoms with Gasteiger partial charge in [-0.1, -0.05) is 0 Å². The molecular weight excluding hydrogens is 354 g/mol. The lowest BCUT2D eigenvalue weighted by Gasteiger charge is -2.28. The summed E-state index contributed by atoms with van der Waals surface area (Å²) in [6.07, 6.45) is 1.61. The number of anilines is 1. The number of amides is 2. The van der Waals surface area contributed by atoms with Crippen molar-refractivity contribution in [3.05, 3.63) is 48.4 Å². The number of carbonyl (C=O) groups excluding carboxylic acids is 2. The summed E-state index contributed by atoms with van der Waals surface area (Å²) in [4.78, 5) is 28.4. The van der Waals surface area contributed by atoms with E-state index >= 15 is 0 Å². The smallest absolute Gasteiger partial charge is 0.257 e. The summed E-state index contributed by atoms with van der Waals surface area (Å²) in [6, 6.07) is 9.67. The zero-order valence-corrected chi connectivity index (χ0v) is 15.3. The van der Waals surface area contributed by atoms with Crippen molar-refractivity contribution in [2.24, 2.45) is 0 Å². The molecule has 1 aliphatic rings. The van der Waals surface area contributed by atoms with Gasteiger partial charge >= 0.3 is 0 Å². The van der Waals surface area contributed by atoms with E-state index in [0.717, 1.165) is 0 Å². The Hall–Kier alpha value is -2.87. The molecule has 0 radical (unpaired) electrons. The van der Waals surface area contributed by atoms with Crippen molar-refractivity contribution in [1.29, 1.82) is 0 Å². The van der Waals surface area contributed by atoms with Crippen molar-refractivity contribution in [3.8, 4) is 5.75 Å². The zero-order chi connectivity index (χ0) is 18.7. The number of methoxy groups -OCH3 is 1. The fourth-order valence-electron chi connectivity index (χ4n) is 2.90. The normalized spacial score (nSPS) is 16.7. The van der Waals surface area contributed by atoms with Gasteiger partial charge in [0.1, 0.15) is 17.6 Å². The Morgan fingerprint density at radius 3 is 2.65 bits per heavy atom. The summed E-state index contributed by atoms with van der Waals surface area (Å²) in [7, 11) is 3.24. The Labute approximate surface area is 156 Å². The van der Waals surface area contributed by atoms with Crippen LogP contribution in [0.15, 0.2) is 47.1 Å². The molecule has 2 heterocycles. The summed E-state index contributed by atoms with van der Waals surface area (Å²) in [5, 5.41) is 3.26. The summed E-state index contributed by atoms with van der Waals surface area (Å²) >= 11 is 5.34. The number of carbonyl (C=O) groups is 2. The predicted octanol–water partition coefficient (Wildman–Crippen LogP) is 1.93. The monoisotopic (exact) mass is 373 g/mol. The van der Waals surface area contributed by atoms with Gasteiger partial charge in [-0.25, -0.2) is 4.90 Å². The lowest BCUT2D eigenvalue weighted by molar-refractivity contribution is -0.122. The average Bonchev–Trinajstić information content (AvgIpc) is 3.27. The number of hydrogen-bond acceptors (Lipinski definition) is 5. The van der Waals surface area contributed by atoms with Gasteiger partial charge in [-0.2, -0.15) is 0 Å². The van der Waals surface area contributed by atoms with E-state index in [1.807, 2.05) is 0 Å². The van der Waals surface area contributed by atoms with Crippen LogP contribution in [0.2, 0.25) is 0 Å². The standard InChI is InChI=1S/C18H19N3O4S/c1-19-18(26)20(11-14-4-3-9-25-14)15-10-16(22)21(17(15)23)12-5-7-13(24-2)8-6-12/h3-9,15H,10-11H2,1-2H3,(H,19,26)/t15-/m1/s1. The Morgan fingerprint density at radius 1 is 1.35 bits per heavy atom. The molecule has 0 unspecified atom stereocenters. The summed E-state index contributed by atoms with van der Waals surface area (Å²) in [5.41, 5.74) is 0.511. The van der Waals surface area contributed by atoms with Gasteiger partial charge in [0.2, 0.25) is 5.91 Å². The highest BCUT2D eigenvalue weighted by atomic mass is 32.1. The number of hydrogen-bond donors (Lipinski definition) is 1. The quantitative estimate of drug-likeness (QED) is 0.634. The molecule has 0 spiro atoms. The molecule has 0 saturated carbocycles. The van der Waals surface area contributed by atoms with Gasteiger partial charge in [0.15, 0.2) is 5.11 Å². The average molecular weight is 373 g/mol. The summed E-state index contributed by atoms with van der Waals surface area (Å²) in [6.45, 7) is 0.298. The first-order chi connectivity index (χ1) is 12.5. The molecule has 8 heteroatoms. The van der Waals surface area contributed by atoms with Gasteiger partial charge in [-0.05, 0) is 48.6 Å². The molecule has 1 atom stereocenters. The maximum atomic E-state index is 13.0. The molecule has 1 aliphatic heterocycles. The summed E-state index contributed by atoms with van der Waals surface area (Å²) in [5.74, 6) is 0.726. The Balaban J connectivity index is 1.85. The zero-order valence-electron chi connectivity index (χ0n) is 14.5. The van der Waals surface area contributed by atoms with Crippen molar-refractivity contribution in [2.75, 3.05) is 19.1 Å². The van der Waals surface area contributed by atoms with Gasteiger partial charge < -0.3 is 19.4 Å². The third-order valence-corrected chi connectivity index (χ3v) is 4.65. The molecule has 2 aromatic rings. The van der Waals surface area contributed by atoms with Gasteiger partial charge in [0.05, 0.1) is 32.0 Å². The van der Waals surface area contributed by atoms with E-state index in [2.05, 4.69) is 5.32 Å². The number of nitrogens with one attached hydrogen (secondary N) is 1. The molecule has 3 rings (SSSR count). The minimum absolute atomic E-state index is 0.0490. The number of benzene rings is 1. The fourth-order valence-corrected chi connectivity index (χ4v) is 3.09. The Bertz CT molecular complexity index is 804. The van der Waals surface area contributed by atoms with Crippen LogP contribution in [0.25, 0.3) is 0 Å². The van der Waals surface area contributed by atoms with Crippen LogP contribution in [-0.4, -0.2) is 42.0 Å². The molecule has 1 aromatic carbocycles. The van der Waals surface area contributed by atoms with Crippen molar-refractivity contribution in [2.45, 2.75) is 19.0 Å². The first-order valence-corrected chi connectivity index (χ1v) is 8.47. The third kappa shape index (κ3) is 3.41. The van der Waals surface area contributed by atoms with Crippen LogP contribution in [0.5, 0.6) is 5.75 Å². The number of thiocarbonyl (C=S) groups is 1. The lowest BCUT2D eigenvalue weighted by atomic mass is 10.2. The molecule has 2 amide bonds. The van der Waals surface area contributed by atoms with Crippen LogP contribution in [-0.2, 0) is 16.1 Å². The van der Waals surface area contributed by atoms with E-state index in [1.54, 1.807) is 61.7 Å². The van der Waals surface area contributed by atoms with Crippen LogP contribution < -0.4 is 15.0 Å². The van der Waals surface area contributed by atoms with Gasteiger partial charge in [0.25, 0.3) is 5.91 Å². The number of rotatable bonds is 5. The van der Waals surface area contributed by atoms with Crippen molar-refractivity contribution in [3.63, 3.8) is 0 Å². The number of imide groups is 1. The maximum Gasteiger partial charge on any atom is 0.257 e. The van der Waals surface area contributed by atoms with Crippen molar-refractivity contribution in [1.82, 2.24) is 10.2 Å². The second-order valence-corrected chi connectivity index (χ2v) is 6.13. The van der Waals surface area contributed by atoms with E-state index in [4.69, 9.17) is 21.4 Å². The lowest BCUT2D eigenvalue weighted by Crippen LogP contribution is -2.48. The SMILES string of the molecule is CNC(=S)N(Cc1ccco1)[C@@H]1CC(=O)N(c2ccc(OC)cc2)C1=O. The van der Waals surface area contributed by atoms with Gasteiger partial charge in [-0.15, -0.1) is 0 Å². The highest BCUT2D eigenvalue weighted by molar-refractivity contribution is 7.80. The van der Waals surface area contributed by atoms with E-state index < -0.39 is 6.04 Å². The molecule has 0 bridgehead atoms. The first-order valence-electron chi connectivity index (χ1n) is 8.06. The van der Waals surface area contributed by atoms with Crippen LogP contribution >= 0.6 is 12.2 Å². The minimum Gasteiger partial charge on any atom is -0.497 e. The topological polar surface area (TPSA) is 75.0 Å². The summed E-state index contributed by atoms with van der Waals surface area (Å²) < 4.78 is 10.5. The minimum atomic E-state index is -0.686. The fraction of sp³-hybridized carbons (Fsp3) is 0.278. The second kappa shape index (κ2) is 7.57. The largest absolute Gasteiger partial charge is 0.497 e. The number of ether oxygens (including phenoxy) is 1. The molecule has 26 heavy (non-hydrogen) atoms. The maximum absolute atomic E-state index is 13.0. The van der Waals surface area contributed by atoms with Crippen LogP contribution in [0, 0.1) is 0 Å². The molecule has 1 fully saturated rings. The molecule has 0 aliphatic carbocycles. The van der Waals surface area contributed by atoms with Crippen LogP contribution in [0.1, 0.15) is 12.2 Å². The number of nitrogens with zero attached hydrogens (tertiary/aromatic N) is 2. The van der Waals surface area contributed by atoms with Crippen molar-refractivity contribution >= 4 is 34.8 Å². The van der Waals surface area contributed by atoms with E-state index in [1.165, 1.54) is 4.90 Å². The van der Waals surface area contributed by atoms with Gasteiger partial charge in [0, 0.05) is 7.05 Å². The Morgan fingerprint density at radius 2 is 2.08 bits per heavy atom.